The van der Waals surface area contributed by atoms with Gasteiger partial charge in [0.05, 0.1) is 0 Å². The number of pyridine rings is 1. The van der Waals surface area contributed by atoms with Gasteiger partial charge in [-0.3, -0.25) is 4.57 Å². The first-order valence-electron chi connectivity index (χ1n) is 7.98. The topological polar surface area (TPSA) is 62.1 Å². The molecule has 0 fully saturated rings. The second-order valence-electron chi connectivity index (χ2n) is 5.87. The molecule has 1 aromatic carbocycles. The monoisotopic (exact) mass is 322 g/mol. The molecule has 0 saturated heterocycles. The number of para-hydroxylation sites is 2. The summed E-state index contributed by atoms with van der Waals surface area (Å²) in [5.74, 6) is 2.48. The minimum Gasteiger partial charge on any atom is -0.486 e. The van der Waals surface area contributed by atoms with E-state index in [0.717, 1.165) is 30.2 Å². The molecule has 6 nitrogen and oxygen atoms in total. The van der Waals surface area contributed by atoms with Crippen molar-refractivity contribution in [2.45, 2.75) is 25.9 Å². The maximum Gasteiger partial charge on any atom is 0.161 e. The summed E-state index contributed by atoms with van der Waals surface area (Å²) in [6.45, 7) is 2.68. The van der Waals surface area contributed by atoms with Crippen LogP contribution in [0.1, 0.15) is 17.5 Å². The van der Waals surface area contributed by atoms with Crippen LogP contribution in [0.4, 0.5) is 0 Å². The summed E-state index contributed by atoms with van der Waals surface area (Å²) in [5.41, 5.74) is 2.42. The Bertz CT molecular complexity index is 833. The Morgan fingerprint density at radius 3 is 2.75 bits per heavy atom. The molecule has 3 heterocycles. The molecule has 4 rings (SSSR count). The molecule has 0 saturated carbocycles. The number of aromatic nitrogens is 4. The molecule has 6 heteroatoms. The van der Waals surface area contributed by atoms with Gasteiger partial charge in [0, 0.05) is 6.20 Å². The fourth-order valence-electron chi connectivity index (χ4n) is 2.81. The van der Waals surface area contributed by atoms with Crippen LogP contribution in [0, 0.1) is 6.92 Å². The van der Waals surface area contributed by atoms with E-state index in [9.17, 15) is 0 Å². The molecular formula is C18H18N4O2. The molecule has 3 aromatic rings. The number of hydrogen-bond acceptors (Lipinski definition) is 5. The predicted molar refractivity (Wildman–Crippen MR) is 88.6 cm³/mol. The van der Waals surface area contributed by atoms with Crippen molar-refractivity contribution < 1.29 is 9.47 Å². The third-order valence-electron chi connectivity index (χ3n) is 4.19. The zero-order valence-corrected chi connectivity index (χ0v) is 13.4. The first kappa shape index (κ1) is 14.7. The molecule has 0 radical (unpaired) electrons. The summed E-state index contributed by atoms with van der Waals surface area (Å²) in [5, 5.41) is 7.62. The standard InChI is InChI=1S/C18H18N4O2/c1-13-8-18(22-11-20-21-12-22)19-9-14(13)6-7-15-10-23-16-4-2-3-5-17(16)24-15/h2-5,8-9,11-12,15H,6-7,10H2,1H3/t15-/m1/s1. The first-order chi connectivity index (χ1) is 11.8. The SMILES string of the molecule is Cc1cc(-n2cnnc2)ncc1CC[C@@H]1COc2ccccc2O1. The Hall–Kier alpha value is -2.89. The Labute approximate surface area is 140 Å². The van der Waals surface area contributed by atoms with Gasteiger partial charge in [0.15, 0.2) is 11.5 Å². The van der Waals surface area contributed by atoms with Crippen LogP contribution in [0.25, 0.3) is 5.82 Å². The highest BCUT2D eigenvalue weighted by molar-refractivity contribution is 5.40. The van der Waals surface area contributed by atoms with Gasteiger partial charge in [0.2, 0.25) is 0 Å². The number of aryl methyl sites for hydroxylation is 2. The summed E-state index contributed by atoms with van der Waals surface area (Å²) >= 11 is 0. The van der Waals surface area contributed by atoms with Gasteiger partial charge in [-0.1, -0.05) is 12.1 Å². The van der Waals surface area contributed by atoms with Crippen LogP contribution in [0.3, 0.4) is 0 Å². The zero-order chi connectivity index (χ0) is 16.4. The fraction of sp³-hybridized carbons (Fsp3) is 0.278. The molecule has 0 aliphatic carbocycles. The lowest BCUT2D eigenvalue weighted by atomic mass is 10.0. The highest BCUT2D eigenvalue weighted by atomic mass is 16.6. The van der Waals surface area contributed by atoms with E-state index in [4.69, 9.17) is 9.47 Å². The molecule has 2 aromatic heterocycles. The smallest absolute Gasteiger partial charge is 0.161 e. The first-order valence-corrected chi connectivity index (χ1v) is 7.98. The van der Waals surface area contributed by atoms with E-state index in [-0.39, 0.29) is 6.10 Å². The molecule has 1 atom stereocenters. The van der Waals surface area contributed by atoms with Crippen molar-refractivity contribution in [3.05, 3.63) is 60.3 Å². The second-order valence-corrected chi connectivity index (χ2v) is 5.87. The Balaban J connectivity index is 1.41. The van der Waals surface area contributed by atoms with Crippen LogP contribution < -0.4 is 9.47 Å². The minimum atomic E-state index is 0.0665. The number of nitrogens with zero attached hydrogens (tertiary/aromatic N) is 4. The highest BCUT2D eigenvalue weighted by Crippen LogP contribution is 2.32. The quantitative estimate of drug-likeness (QED) is 0.739. The number of rotatable bonds is 4. The Morgan fingerprint density at radius 1 is 1.17 bits per heavy atom. The van der Waals surface area contributed by atoms with Gasteiger partial charge in [-0.25, -0.2) is 4.98 Å². The summed E-state index contributed by atoms with van der Waals surface area (Å²) in [6, 6.07) is 9.84. The summed E-state index contributed by atoms with van der Waals surface area (Å²) in [7, 11) is 0. The second kappa shape index (κ2) is 6.31. The lowest BCUT2D eigenvalue weighted by molar-refractivity contribution is 0.0851. The number of fused-ring (bicyclic) bond motifs is 1. The Morgan fingerprint density at radius 2 is 1.96 bits per heavy atom. The molecular weight excluding hydrogens is 304 g/mol. The van der Waals surface area contributed by atoms with Crippen LogP contribution in [0.5, 0.6) is 11.5 Å². The van der Waals surface area contributed by atoms with Crippen molar-refractivity contribution in [1.82, 2.24) is 19.7 Å². The van der Waals surface area contributed by atoms with Gasteiger partial charge in [-0.15, -0.1) is 10.2 Å². The number of ether oxygens (including phenoxy) is 2. The zero-order valence-electron chi connectivity index (χ0n) is 13.4. The number of hydrogen-bond donors (Lipinski definition) is 0. The maximum absolute atomic E-state index is 6.01. The third-order valence-corrected chi connectivity index (χ3v) is 4.19. The largest absolute Gasteiger partial charge is 0.486 e. The molecule has 0 spiro atoms. The normalized spacial score (nSPS) is 16.1. The van der Waals surface area contributed by atoms with Crippen molar-refractivity contribution in [1.29, 1.82) is 0 Å². The predicted octanol–water partition coefficient (Wildman–Crippen LogP) is 2.74. The van der Waals surface area contributed by atoms with Gasteiger partial charge >= 0.3 is 0 Å². The van der Waals surface area contributed by atoms with Crippen molar-refractivity contribution in [2.24, 2.45) is 0 Å². The highest BCUT2D eigenvalue weighted by Gasteiger charge is 2.20. The lowest BCUT2D eigenvalue weighted by Crippen LogP contribution is -2.29. The minimum absolute atomic E-state index is 0.0665. The average molecular weight is 322 g/mol. The van der Waals surface area contributed by atoms with Gasteiger partial charge < -0.3 is 9.47 Å². The van der Waals surface area contributed by atoms with Gasteiger partial charge in [0.25, 0.3) is 0 Å². The van der Waals surface area contributed by atoms with Crippen LogP contribution in [-0.4, -0.2) is 32.5 Å². The molecule has 24 heavy (non-hydrogen) atoms. The van der Waals surface area contributed by atoms with Crippen molar-refractivity contribution >= 4 is 0 Å². The summed E-state index contributed by atoms with van der Waals surface area (Å²) in [4.78, 5) is 4.49. The van der Waals surface area contributed by atoms with Crippen molar-refractivity contribution in [3.63, 3.8) is 0 Å². The molecule has 0 amide bonds. The van der Waals surface area contributed by atoms with E-state index in [1.807, 2.05) is 36.5 Å². The van der Waals surface area contributed by atoms with Gasteiger partial charge in [-0.05, 0) is 49.1 Å². The molecule has 1 aliphatic rings. The van der Waals surface area contributed by atoms with E-state index >= 15 is 0 Å². The van der Waals surface area contributed by atoms with Gasteiger partial charge in [-0.2, -0.15) is 0 Å². The molecule has 122 valence electrons. The van der Waals surface area contributed by atoms with Crippen LogP contribution in [0.15, 0.2) is 49.2 Å². The number of benzene rings is 1. The molecule has 0 bridgehead atoms. The third kappa shape index (κ3) is 2.95. The average Bonchev–Trinajstić information content (AvgIpc) is 3.15. The van der Waals surface area contributed by atoms with E-state index in [1.165, 1.54) is 11.1 Å². The van der Waals surface area contributed by atoms with E-state index < -0.39 is 0 Å². The van der Waals surface area contributed by atoms with Crippen LogP contribution in [0.2, 0.25) is 0 Å². The fourth-order valence-corrected chi connectivity index (χ4v) is 2.81. The lowest BCUT2D eigenvalue weighted by Gasteiger charge is -2.26. The van der Waals surface area contributed by atoms with E-state index in [1.54, 1.807) is 17.2 Å². The van der Waals surface area contributed by atoms with Crippen molar-refractivity contribution in [2.75, 3.05) is 6.61 Å². The van der Waals surface area contributed by atoms with Crippen molar-refractivity contribution in [3.8, 4) is 17.3 Å². The van der Waals surface area contributed by atoms with Crippen LogP contribution >= 0.6 is 0 Å². The molecule has 0 N–H and O–H groups in total. The summed E-state index contributed by atoms with van der Waals surface area (Å²) < 4.78 is 13.6. The van der Waals surface area contributed by atoms with E-state index in [0.29, 0.717) is 6.61 Å². The summed E-state index contributed by atoms with van der Waals surface area (Å²) in [6.07, 6.45) is 7.07. The maximum atomic E-state index is 6.01. The molecule has 0 unspecified atom stereocenters. The van der Waals surface area contributed by atoms with Crippen LogP contribution in [-0.2, 0) is 6.42 Å². The van der Waals surface area contributed by atoms with Gasteiger partial charge in [0.1, 0.15) is 31.2 Å². The molecule has 1 aliphatic heterocycles. The Kier molecular flexibility index (Phi) is 3.86. The van der Waals surface area contributed by atoms with E-state index in [2.05, 4.69) is 22.1 Å².